The van der Waals surface area contributed by atoms with Crippen LogP contribution in [0.2, 0.25) is 0 Å². The van der Waals surface area contributed by atoms with E-state index in [2.05, 4.69) is 15.7 Å². The minimum absolute atomic E-state index is 0.0507. The van der Waals surface area contributed by atoms with E-state index < -0.39 is 17.5 Å². The van der Waals surface area contributed by atoms with Gasteiger partial charge in [0, 0.05) is 11.6 Å². The van der Waals surface area contributed by atoms with E-state index >= 15 is 0 Å². The van der Waals surface area contributed by atoms with Crippen molar-refractivity contribution in [3.63, 3.8) is 0 Å². The number of benzene rings is 1. The van der Waals surface area contributed by atoms with E-state index in [4.69, 9.17) is 4.74 Å². The fourth-order valence-electron chi connectivity index (χ4n) is 2.31. The molecule has 0 saturated carbocycles. The van der Waals surface area contributed by atoms with Crippen molar-refractivity contribution in [3.8, 4) is 5.75 Å². The van der Waals surface area contributed by atoms with E-state index in [-0.39, 0.29) is 30.3 Å². The molecule has 8 heteroatoms. The molecule has 2 aromatic rings. The van der Waals surface area contributed by atoms with E-state index in [0.717, 1.165) is 4.68 Å². The summed E-state index contributed by atoms with van der Waals surface area (Å²) in [5.41, 5.74) is -0.693. The topological polar surface area (TPSA) is 102 Å². The number of nitrogens with one attached hydrogen (secondary N) is 2. The molecule has 1 heterocycles. The smallest absolute Gasteiger partial charge is 0.272 e. The molecule has 0 spiro atoms. The van der Waals surface area contributed by atoms with Crippen molar-refractivity contribution >= 4 is 11.8 Å². The maximum Gasteiger partial charge on any atom is 0.272 e. The molecule has 1 atom stereocenters. The molecule has 0 bridgehead atoms. The van der Waals surface area contributed by atoms with Gasteiger partial charge in [-0.05, 0) is 45.9 Å². The number of hydrogen-bond acceptors (Lipinski definition) is 5. The number of aromatic nitrogens is 2. The summed E-state index contributed by atoms with van der Waals surface area (Å²) in [6.45, 7) is 7.57. The molecule has 150 valence electrons. The molecular weight excluding hydrogens is 360 g/mol. The molecule has 1 unspecified atom stereocenters. The minimum atomic E-state index is -0.740. The summed E-state index contributed by atoms with van der Waals surface area (Å²) in [5, 5.41) is 9.45. The van der Waals surface area contributed by atoms with E-state index in [0.29, 0.717) is 5.75 Å². The molecule has 0 aliphatic carbocycles. The Hall–Kier alpha value is -3.16. The third-order valence-electron chi connectivity index (χ3n) is 3.65. The van der Waals surface area contributed by atoms with Crippen LogP contribution < -0.4 is 20.9 Å². The standard InChI is InChI=1S/C20H26N4O4/c1-14(18(26)22-20(2,3)4)21-19(27)16-10-11-17(25)24(23-16)12-13-28-15-8-6-5-7-9-15/h5-11,14H,12-13H2,1-4H3,(H,21,27)(H,22,26). The molecule has 0 aliphatic heterocycles. The van der Waals surface area contributed by atoms with Gasteiger partial charge in [-0.25, -0.2) is 4.68 Å². The largest absolute Gasteiger partial charge is 0.492 e. The van der Waals surface area contributed by atoms with Gasteiger partial charge in [-0.1, -0.05) is 18.2 Å². The highest BCUT2D eigenvalue weighted by Crippen LogP contribution is 2.07. The van der Waals surface area contributed by atoms with E-state index in [1.165, 1.54) is 12.1 Å². The average molecular weight is 386 g/mol. The van der Waals surface area contributed by atoms with Gasteiger partial charge in [0.2, 0.25) is 5.91 Å². The number of carbonyl (C=O) groups excluding carboxylic acids is 2. The van der Waals surface area contributed by atoms with Crippen LogP contribution in [-0.2, 0) is 11.3 Å². The summed E-state index contributed by atoms with van der Waals surface area (Å²) < 4.78 is 6.72. The summed E-state index contributed by atoms with van der Waals surface area (Å²) in [4.78, 5) is 36.5. The van der Waals surface area contributed by atoms with Gasteiger partial charge in [0.15, 0.2) is 0 Å². The third-order valence-corrected chi connectivity index (χ3v) is 3.65. The van der Waals surface area contributed by atoms with Gasteiger partial charge in [0.25, 0.3) is 11.5 Å². The second-order valence-electron chi connectivity index (χ2n) is 7.38. The first kappa shape index (κ1) is 21.1. The summed E-state index contributed by atoms with van der Waals surface area (Å²) in [7, 11) is 0. The monoisotopic (exact) mass is 386 g/mol. The van der Waals surface area contributed by atoms with Crippen molar-refractivity contribution in [2.24, 2.45) is 0 Å². The second kappa shape index (κ2) is 9.16. The number of nitrogens with zero attached hydrogens (tertiary/aromatic N) is 2. The first-order valence-electron chi connectivity index (χ1n) is 9.04. The van der Waals surface area contributed by atoms with Crippen LogP contribution in [0.1, 0.15) is 38.2 Å². The Morgan fingerprint density at radius 2 is 1.82 bits per heavy atom. The zero-order chi connectivity index (χ0) is 20.7. The normalized spacial score (nSPS) is 12.1. The summed E-state index contributed by atoms with van der Waals surface area (Å²) >= 11 is 0. The fraction of sp³-hybridized carbons (Fsp3) is 0.400. The van der Waals surface area contributed by atoms with Gasteiger partial charge >= 0.3 is 0 Å². The van der Waals surface area contributed by atoms with Crippen LogP contribution in [0.5, 0.6) is 5.75 Å². The van der Waals surface area contributed by atoms with Crippen LogP contribution >= 0.6 is 0 Å². The molecule has 2 rings (SSSR count). The van der Waals surface area contributed by atoms with Crippen LogP contribution in [-0.4, -0.2) is 39.8 Å². The van der Waals surface area contributed by atoms with Crippen LogP contribution in [0, 0.1) is 0 Å². The van der Waals surface area contributed by atoms with Crippen LogP contribution in [0.25, 0.3) is 0 Å². The molecule has 1 aromatic heterocycles. The van der Waals surface area contributed by atoms with Gasteiger partial charge in [-0.3, -0.25) is 14.4 Å². The Kier molecular flexibility index (Phi) is 6.92. The van der Waals surface area contributed by atoms with E-state index in [1.807, 2.05) is 51.1 Å². The molecule has 0 radical (unpaired) electrons. The van der Waals surface area contributed by atoms with E-state index in [1.54, 1.807) is 6.92 Å². The molecule has 8 nitrogen and oxygen atoms in total. The number of hydrogen-bond donors (Lipinski definition) is 2. The first-order valence-corrected chi connectivity index (χ1v) is 9.04. The molecular formula is C20H26N4O4. The maximum absolute atomic E-state index is 12.4. The molecule has 2 amide bonds. The molecule has 1 aromatic carbocycles. The molecule has 0 aliphatic rings. The first-order chi connectivity index (χ1) is 13.2. The van der Waals surface area contributed by atoms with Crippen molar-refractivity contribution in [2.45, 2.75) is 45.8 Å². The van der Waals surface area contributed by atoms with Gasteiger partial charge in [-0.2, -0.15) is 5.10 Å². The summed E-state index contributed by atoms with van der Waals surface area (Å²) in [6, 6.07) is 11.1. The molecule has 0 fully saturated rings. The highest BCUT2D eigenvalue weighted by Gasteiger charge is 2.21. The summed E-state index contributed by atoms with van der Waals surface area (Å²) in [5.74, 6) is -0.150. The predicted octanol–water partition coefficient (Wildman–Crippen LogP) is 1.36. The average Bonchev–Trinajstić information content (AvgIpc) is 2.62. The number of ether oxygens (including phenoxy) is 1. The molecule has 2 N–H and O–H groups in total. The Morgan fingerprint density at radius 3 is 2.46 bits per heavy atom. The zero-order valence-corrected chi connectivity index (χ0v) is 16.6. The van der Waals surface area contributed by atoms with Gasteiger partial charge in [-0.15, -0.1) is 0 Å². The lowest BCUT2D eigenvalue weighted by Gasteiger charge is -2.23. The maximum atomic E-state index is 12.4. The Balaban J connectivity index is 1.98. The third kappa shape index (κ3) is 6.53. The minimum Gasteiger partial charge on any atom is -0.492 e. The van der Waals surface area contributed by atoms with E-state index in [9.17, 15) is 14.4 Å². The number of carbonyl (C=O) groups is 2. The quantitative estimate of drug-likeness (QED) is 0.748. The zero-order valence-electron chi connectivity index (χ0n) is 16.6. The van der Waals surface area contributed by atoms with Gasteiger partial charge in [0.1, 0.15) is 24.1 Å². The molecule has 28 heavy (non-hydrogen) atoms. The number of amides is 2. The lowest BCUT2D eigenvalue weighted by Crippen LogP contribution is -2.51. The van der Waals surface area contributed by atoms with Crippen molar-refractivity contribution in [2.75, 3.05) is 6.61 Å². The lowest BCUT2D eigenvalue weighted by molar-refractivity contribution is -0.124. The molecule has 0 saturated heterocycles. The Morgan fingerprint density at radius 1 is 1.14 bits per heavy atom. The van der Waals surface area contributed by atoms with Crippen molar-refractivity contribution in [3.05, 3.63) is 58.5 Å². The van der Waals surface area contributed by atoms with Crippen LogP contribution in [0.4, 0.5) is 0 Å². The van der Waals surface area contributed by atoms with Crippen molar-refractivity contribution in [1.29, 1.82) is 0 Å². The fourth-order valence-corrected chi connectivity index (χ4v) is 2.31. The predicted molar refractivity (Wildman–Crippen MR) is 105 cm³/mol. The highest BCUT2D eigenvalue weighted by molar-refractivity contribution is 5.95. The van der Waals surface area contributed by atoms with Crippen LogP contribution in [0.15, 0.2) is 47.3 Å². The Labute approximate surface area is 163 Å². The lowest BCUT2D eigenvalue weighted by atomic mass is 10.1. The number of rotatable bonds is 7. The summed E-state index contributed by atoms with van der Waals surface area (Å²) in [6.07, 6.45) is 0. The number of para-hydroxylation sites is 1. The SMILES string of the molecule is CC(NC(=O)c1ccc(=O)n(CCOc2ccccc2)n1)C(=O)NC(C)(C)C. The van der Waals surface area contributed by atoms with Gasteiger partial charge in [0.05, 0.1) is 6.54 Å². The van der Waals surface area contributed by atoms with Gasteiger partial charge < -0.3 is 15.4 Å². The van der Waals surface area contributed by atoms with Crippen LogP contribution in [0.3, 0.4) is 0 Å². The van der Waals surface area contributed by atoms with Crippen molar-refractivity contribution in [1.82, 2.24) is 20.4 Å². The Bertz CT molecular complexity index is 872. The van der Waals surface area contributed by atoms with Crippen molar-refractivity contribution < 1.29 is 14.3 Å². The highest BCUT2D eigenvalue weighted by atomic mass is 16.5. The second-order valence-corrected chi connectivity index (χ2v) is 7.38.